The molecule has 0 radical (unpaired) electrons. The van der Waals surface area contributed by atoms with E-state index in [1.807, 2.05) is 18.2 Å². The standard InChI is InChI=1S/C19H14ClN5O3S2/c1-30(27,28)25-14-4-2-3-13(17(14)20)23-19-24-18(26)16(29-19)10-11-5-6-12-15(9-11)22-8-7-21-12/h2-10,25H,1H3,(H,23,24,26)/b16-10+. The van der Waals surface area contributed by atoms with Crippen molar-refractivity contribution < 1.29 is 13.2 Å². The smallest absolute Gasteiger partial charge is 0.264 e. The molecule has 1 aliphatic heterocycles. The molecule has 0 aliphatic carbocycles. The summed E-state index contributed by atoms with van der Waals surface area (Å²) in [6.07, 6.45) is 6.00. The second-order valence-electron chi connectivity index (χ2n) is 6.30. The molecule has 3 aromatic rings. The number of carbonyl (C=O) groups excluding carboxylic acids is 1. The van der Waals surface area contributed by atoms with Crippen LogP contribution < -0.4 is 10.0 Å². The lowest BCUT2D eigenvalue weighted by atomic mass is 10.2. The number of fused-ring (bicyclic) bond motifs is 1. The summed E-state index contributed by atoms with van der Waals surface area (Å²) in [5.74, 6) is -0.292. The second-order valence-corrected chi connectivity index (χ2v) is 9.46. The van der Waals surface area contributed by atoms with Gasteiger partial charge in [-0.15, -0.1) is 0 Å². The largest absolute Gasteiger partial charge is 0.300 e. The molecule has 4 rings (SSSR count). The third-order valence-corrected chi connectivity index (χ3v) is 5.84. The van der Waals surface area contributed by atoms with E-state index in [1.54, 1.807) is 30.6 Å². The van der Waals surface area contributed by atoms with Crippen LogP contribution in [0.3, 0.4) is 0 Å². The summed E-state index contributed by atoms with van der Waals surface area (Å²) in [5, 5.41) is 3.16. The van der Waals surface area contributed by atoms with E-state index < -0.39 is 10.0 Å². The minimum atomic E-state index is -3.49. The number of thioether (sulfide) groups is 1. The highest BCUT2D eigenvalue weighted by atomic mass is 35.5. The second kappa shape index (κ2) is 8.05. The van der Waals surface area contributed by atoms with Gasteiger partial charge in [-0.1, -0.05) is 23.7 Å². The van der Waals surface area contributed by atoms with Gasteiger partial charge in [0.2, 0.25) is 10.0 Å². The number of carbonyl (C=O) groups is 1. The number of hydrogen-bond donors (Lipinski definition) is 2. The van der Waals surface area contributed by atoms with E-state index in [0.29, 0.717) is 15.8 Å². The molecule has 2 N–H and O–H groups in total. The van der Waals surface area contributed by atoms with Crippen molar-refractivity contribution in [3.63, 3.8) is 0 Å². The van der Waals surface area contributed by atoms with Crippen molar-refractivity contribution >= 4 is 72.9 Å². The molecular weight excluding hydrogens is 446 g/mol. The fourth-order valence-corrected chi connectivity index (χ4v) is 4.37. The maximum atomic E-state index is 12.3. The number of hydrogen-bond acceptors (Lipinski definition) is 7. The molecule has 11 heteroatoms. The first-order valence-corrected chi connectivity index (χ1v) is 11.6. The van der Waals surface area contributed by atoms with Crippen molar-refractivity contribution in [2.45, 2.75) is 0 Å². The Labute approximate surface area is 181 Å². The zero-order valence-corrected chi connectivity index (χ0v) is 17.8. The molecule has 152 valence electrons. The Kier molecular flexibility index (Phi) is 5.46. The lowest BCUT2D eigenvalue weighted by Crippen LogP contribution is -2.19. The van der Waals surface area contributed by atoms with Crippen molar-refractivity contribution in [2.75, 3.05) is 11.0 Å². The maximum absolute atomic E-state index is 12.3. The van der Waals surface area contributed by atoms with Gasteiger partial charge in [-0.25, -0.2) is 13.4 Å². The molecule has 1 aromatic heterocycles. The molecular formula is C19H14ClN5O3S2. The lowest BCUT2D eigenvalue weighted by molar-refractivity contribution is -0.115. The minimum Gasteiger partial charge on any atom is -0.300 e. The van der Waals surface area contributed by atoms with Gasteiger partial charge in [0.05, 0.1) is 38.6 Å². The summed E-state index contributed by atoms with van der Waals surface area (Å²) in [5.41, 5.74) is 2.84. The summed E-state index contributed by atoms with van der Waals surface area (Å²) in [6.45, 7) is 0. The number of aliphatic imine (C=N–C) groups is 1. The van der Waals surface area contributed by atoms with Gasteiger partial charge >= 0.3 is 0 Å². The van der Waals surface area contributed by atoms with Crippen molar-refractivity contribution in [3.05, 3.63) is 64.3 Å². The van der Waals surface area contributed by atoms with E-state index in [9.17, 15) is 13.2 Å². The van der Waals surface area contributed by atoms with E-state index in [1.165, 1.54) is 6.07 Å². The number of rotatable bonds is 4. The fraction of sp³-hybridized carbons (Fsp3) is 0.0526. The molecule has 0 atom stereocenters. The van der Waals surface area contributed by atoms with Gasteiger partial charge in [-0.3, -0.25) is 19.5 Å². The topological polar surface area (TPSA) is 113 Å². The predicted octanol–water partition coefficient (Wildman–Crippen LogP) is 3.55. The average Bonchev–Trinajstić information content (AvgIpc) is 3.03. The van der Waals surface area contributed by atoms with Crippen molar-refractivity contribution in [1.82, 2.24) is 15.3 Å². The monoisotopic (exact) mass is 459 g/mol. The molecule has 8 nitrogen and oxygen atoms in total. The number of nitrogens with one attached hydrogen (secondary N) is 2. The third-order valence-electron chi connectivity index (χ3n) is 3.94. The van der Waals surface area contributed by atoms with Crippen LogP contribution in [-0.2, 0) is 14.8 Å². The first kappa shape index (κ1) is 20.3. The van der Waals surface area contributed by atoms with E-state index in [2.05, 4.69) is 25.0 Å². The molecule has 0 spiro atoms. The molecule has 0 bridgehead atoms. The molecule has 1 fully saturated rings. The maximum Gasteiger partial charge on any atom is 0.264 e. The first-order chi connectivity index (χ1) is 14.3. The number of benzene rings is 2. The van der Waals surface area contributed by atoms with Crippen molar-refractivity contribution in [1.29, 1.82) is 0 Å². The molecule has 1 saturated heterocycles. The Bertz CT molecular complexity index is 1340. The Morgan fingerprint density at radius 1 is 1.17 bits per heavy atom. The summed E-state index contributed by atoms with van der Waals surface area (Å²) in [7, 11) is -3.49. The Hall–Kier alpha value is -2.95. The number of aromatic nitrogens is 2. The Morgan fingerprint density at radius 2 is 1.93 bits per heavy atom. The molecule has 2 heterocycles. The van der Waals surface area contributed by atoms with Gasteiger partial charge in [-0.05, 0) is 47.7 Å². The number of anilines is 1. The van der Waals surface area contributed by atoms with E-state index >= 15 is 0 Å². The molecule has 1 aliphatic rings. The zero-order chi connectivity index (χ0) is 21.3. The average molecular weight is 460 g/mol. The molecule has 2 aromatic carbocycles. The van der Waals surface area contributed by atoms with Crippen LogP contribution in [0.25, 0.3) is 17.1 Å². The van der Waals surface area contributed by atoms with Gasteiger partial charge in [0, 0.05) is 12.4 Å². The molecule has 0 unspecified atom stereocenters. The van der Waals surface area contributed by atoms with E-state index in [0.717, 1.165) is 34.6 Å². The van der Waals surface area contributed by atoms with Crippen molar-refractivity contribution in [3.8, 4) is 0 Å². The van der Waals surface area contributed by atoms with Crippen LogP contribution in [0.4, 0.5) is 11.4 Å². The number of amides is 1. The van der Waals surface area contributed by atoms with Gasteiger partial charge in [-0.2, -0.15) is 0 Å². The first-order valence-electron chi connectivity index (χ1n) is 8.55. The van der Waals surface area contributed by atoms with Crippen LogP contribution in [-0.4, -0.2) is 35.7 Å². The van der Waals surface area contributed by atoms with Gasteiger partial charge in [0.25, 0.3) is 5.91 Å². The quantitative estimate of drug-likeness (QED) is 0.577. The van der Waals surface area contributed by atoms with Crippen LogP contribution in [0.15, 0.2) is 58.7 Å². The highest BCUT2D eigenvalue weighted by Crippen LogP contribution is 2.35. The summed E-state index contributed by atoms with van der Waals surface area (Å²) < 4.78 is 25.3. The highest BCUT2D eigenvalue weighted by molar-refractivity contribution is 8.18. The summed E-state index contributed by atoms with van der Waals surface area (Å²) >= 11 is 7.43. The SMILES string of the molecule is CS(=O)(=O)Nc1cccc(N=C2NC(=O)/C(=C\c3ccc4nccnc4c3)S2)c1Cl. The number of sulfonamides is 1. The van der Waals surface area contributed by atoms with Gasteiger partial charge in [0.15, 0.2) is 5.17 Å². The lowest BCUT2D eigenvalue weighted by Gasteiger charge is -2.08. The van der Waals surface area contributed by atoms with Gasteiger partial charge < -0.3 is 5.32 Å². The van der Waals surface area contributed by atoms with Crippen LogP contribution in [0, 0.1) is 0 Å². The van der Waals surface area contributed by atoms with Crippen LogP contribution in [0.5, 0.6) is 0 Å². The molecule has 30 heavy (non-hydrogen) atoms. The fourth-order valence-electron chi connectivity index (χ4n) is 2.70. The summed E-state index contributed by atoms with van der Waals surface area (Å²) in [4.78, 5) is 25.7. The normalized spacial score (nSPS) is 16.9. The highest BCUT2D eigenvalue weighted by Gasteiger charge is 2.24. The van der Waals surface area contributed by atoms with Gasteiger partial charge in [0.1, 0.15) is 0 Å². The zero-order valence-electron chi connectivity index (χ0n) is 15.5. The minimum absolute atomic E-state index is 0.135. The molecule has 0 saturated carbocycles. The Morgan fingerprint density at radius 3 is 2.70 bits per heavy atom. The van der Waals surface area contributed by atoms with Crippen LogP contribution >= 0.6 is 23.4 Å². The van der Waals surface area contributed by atoms with Crippen molar-refractivity contribution in [2.24, 2.45) is 4.99 Å². The predicted molar refractivity (Wildman–Crippen MR) is 120 cm³/mol. The van der Waals surface area contributed by atoms with E-state index in [4.69, 9.17) is 11.6 Å². The number of nitrogens with zero attached hydrogens (tertiary/aromatic N) is 3. The van der Waals surface area contributed by atoms with E-state index in [-0.39, 0.29) is 16.6 Å². The molecule has 1 amide bonds. The Balaban J connectivity index is 1.61. The third kappa shape index (κ3) is 4.61. The summed E-state index contributed by atoms with van der Waals surface area (Å²) in [6, 6.07) is 10.3. The van der Waals surface area contributed by atoms with Crippen LogP contribution in [0.2, 0.25) is 5.02 Å². The number of amidine groups is 1. The van der Waals surface area contributed by atoms with Crippen LogP contribution in [0.1, 0.15) is 5.56 Å². The number of halogens is 1.